The van der Waals surface area contributed by atoms with Crippen molar-refractivity contribution in [2.45, 2.75) is 31.0 Å². The van der Waals surface area contributed by atoms with Crippen molar-refractivity contribution in [1.29, 1.82) is 0 Å². The van der Waals surface area contributed by atoms with E-state index in [0.717, 1.165) is 28.9 Å². The first-order valence-corrected chi connectivity index (χ1v) is 10.4. The molecule has 30 heavy (non-hydrogen) atoms. The van der Waals surface area contributed by atoms with Crippen LogP contribution in [-0.4, -0.2) is 30.8 Å². The summed E-state index contributed by atoms with van der Waals surface area (Å²) in [7, 11) is 1.66. The molecule has 1 amide bonds. The fourth-order valence-corrected chi connectivity index (χ4v) is 4.70. The molecule has 0 bridgehead atoms. The SMILES string of the molecule is COc1ccc(C[C@H]2C(=O)N3[C@H](Cc4ccccc42)OC[C@H]3c2ccccc2)cc1. The van der Waals surface area contributed by atoms with E-state index in [-0.39, 0.29) is 24.1 Å². The first kappa shape index (κ1) is 18.9. The Morgan fingerprint density at radius 1 is 0.967 bits per heavy atom. The van der Waals surface area contributed by atoms with Gasteiger partial charge in [0.25, 0.3) is 0 Å². The number of amides is 1. The third-order valence-corrected chi connectivity index (χ3v) is 6.25. The molecule has 0 aliphatic carbocycles. The van der Waals surface area contributed by atoms with Crippen LogP contribution >= 0.6 is 0 Å². The van der Waals surface area contributed by atoms with E-state index in [1.807, 2.05) is 59.5 Å². The van der Waals surface area contributed by atoms with Gasteiger partial charge in [0.05, 0.1) is 25.7 Å². The van der Waals surface area contributed by atoms with Crippen LogP contribution in [-0.2, 0) is 22.4 Å². The summed E-state index contributed by atoms with van der Waals surface area (Å²) in [4.78, 5) is 15.9. The average molecular weight is 399 g/mol. The van der Waals surface area contributed by atoms with E-state index >= 15 is 0 Å². The van der Waals surface area contributed by atoms with E-state index in [1.54, 1.807) is 7.11 Å². The Balaban J connectivity index is 1.53. The lowest BCUT2D eigenvalue weighted by Gasteiger charge is -2.29. The minimum absolute atomic E-state index is 0.0450. The van der Waals surface area contributed by atoms with E-state index in [1.165, 1.54) is 5.56 Å². The molecule has 4 heteroatoms. The monoisotopic (exact) mass is 399 g/mol. The summed E-state index contributed by atoms with van der Waals surface area (Å²) in [6, 6.07) is 26.5. The number of carbonyl (C=O) groups excluding carboxylic acids is 1. The van der Waals surface area contributed by atoms with Crippen LogP contribution in [0.5, 0.6) is 5.75 Å². The molecule has 152 valence electrons. The second-order valence-corrected chi connectivity index (χ2v) is 7.97. The van der Waals surface area contributed by atoms with Crippen molar-refractivity contribution in [3.63, 3.8) is 0 Å². The molecule has 1 fully saturated rings. The fourth-order valence-electron chi connectivity index (χ4n) is 4.70. The molecule has 0 aromatic heterocycles. The molecule has 2 heterocycles. The molecule has 2 aliphatic heterocycles. The summed E-state index contributed by atoms with van der Waals surface area (Å²) >= 11 is 0. The molecule has 1 saturated heterocycles. The maximum atomic E-state index is 13.9. The Hall–Kier alpha value is -3.11. The molecule has 0 spiro atoms. The van der Waals surface area contributed by atoms with Gasteiger partial charge >= 0.3 is 0 Å². The van der Waals surface area contributed by atoms with Gasteiger partial charge < -0.3 is 14.4 Å². The van der Waals surface area contributed by atoms with Crippen molar-refractivity contribution >= 4 is 5.91 Å². The number of methoxy groups -OCH3 is 1. The van der Waals surface area contributed by atoms with Gasteiger partial charge in [-0.05, 0) is 40.8 Å². The topological polar surface area (TPSA) is 38.8 Å². The zero-order valence-electron chi connectivity index (χ0n) is 17.0. The van der Waals surface area contributed by atoms with E-state index in [0.29, 0.717) is 13.0 Å². The highest BCUT2D eigenvalue weighted by Crippen LogP contribution is 2.40. The van der Waals surface area contributed by atoms with Gasteiger partial charge in [0.15, 0.2) is 0 Å². The molecule has 5 rings (SSSR count). The Labute approximate surface area is 177 Å². The average Bonchev–Trinajstić information content (AvgIpc) is 3.17. The molecule has 3 aromatic rings. The molecule has 0 saturated carbocycles. The normalized spacial score (nSPS) is 22.9. The lowest BCUT2D eigenvalue weighted by atomic mass is 9.88. The molecule has 0 N–H and O–H groups in total. The minimum Gasteiger partial charge on any atom is -0.497 e. The molecular formula is C26H25NO3. The second kappa shape index (κ2) is 7.96. The molecule has 2 aliphatic rings. The highest BCUT2D eigenvalue weighted by molar-refractivity contribution is 5.86. The van der Waals surface area contributed by atoms with E-state index in [2.05, 4.69) is 24.3 Å². The number of hydrogen-bond donors (Lipinski definition) is 0. The lowest BCUT2D eigenvalue weighted by Crippen LogP contribution is -2.40. The first-order valence-electron chi connectivity index (χ1n) is 10.4. The maximum Gasteiger partial charge on any atom is 0.233 e. The predicted octanol–water partition coefficient (Wildman–Crippen LogP) is 4.50. The van der Waals surface area contributed by atoms with Gasteiger partial charge in [-0.15, -0.1) is 0 Å². The number of benzene rings is 3. The quantitative estimate of drug-likeness (QED) is 0.648. The van der Waals surface area contributed by atoms with Crippen molar-refractivity contribution in [1.82, 2.24) is 4.90 Å². The summed E-state index contributed by atoms with van der Waals surface area (Å²) in [5.74, 6) is 0.739. The Morgan fingerprint density at radius 3 is 2.47 bits per heavy atom. The first-order chi connectivity index (χ1) is 14.7. The summed E-state index contributed by atoms with van der Waals surface area (Å²) in [5.41, 5.74) is 4.56. The van der Waals surface area contributed by atoms with E-state index in [4.69, 9.17) is 9.47 Å². The fraction of sp³-hybridized carbons (Fsp3) is 0.269. The van der Waals surface area contributed by atoms with Crippen LogP contribution in [0.2, 0.25) is 0 Å². The molecule has 4 nitrogen and oxygen atoms in total. The predicted molar refractivity (Wildman–Crippen MR) is 115 cm³/mol. The van der Waals surface area contributed by atoms with Crippen LogP contribution in [0.25, 0.3) is 0 Å². The van der Waals surface area contributed by atoms with Gasteiger partial charge in [-0.1, -0.05) is 66.7 Å². The molecule has 3 atom stereocenters. The zero-order valence-corrected chi connectivity index (χ0v) is 17.0. The van der Waals surface area contributed by atoms with Gasteiger partial charge in [-0.3, -0.25) is 4.79 Å². The summed E-state index contributed by atoms with van der Waals surface area (Å²) in [5, 5.41) is 0. The third-order valence-electron chi connectivity index (χ3n) is 6.25. The van der Waals surface area contributed by atoms with Crippen LogP contribution in [0.3, 0.4) is 0 Å². The van der Waals surface area contributed by atoms with Crippen LogP contribution in [0.4, 0.5) is 0 Å². The van der Waals surface area contributed by atoms with Crippen molar-refractivity contribution in [3.05, 3.63) is 101 Å². The summed E-state index contributed by atoms with van der Waals surface area (Å²) < 4.78 is 11.4. The smallest absolute Gasteiger partial charge is 0.233 e. The third kappa shape index (κ3) is 3.37. The standard InChI is InChI=1S/C26H25NO3/c1-29-21-13-11-18(12-14-21)15-23-22-10-6-5-9-20(22)16-25-27(26(23)28)24(17-30-25)19-7-3-2-4-8-19/h2-14,23-25H,15-17H2,1H3/t23-,24+,25+/m1/s1. The highest BCUT2D eigenvalue weighted by Gasteiger charge is 2.44. The van der Waals surface area contributed by atoms with Gasteiger partial charge in [0.1, 0.15) is 12.0 Å². The van der Waals surface area contributed by atoms with Crippen LogP contribution < -0.4 is 4.74 Å². The number of rotatable bonds is 4. The van der Waals surface area contributed by atoms with Crippen LogP contribution in [0.1, 0.15) is 34.2 Å². The Morgan fingerprint density at radius 2 is 1.70 bits per heavy atom. The molecular weight excluding hydrogens is 374 g/mol. The number of ether oxygens (including phenoxy) is 2. The van der Waals surface area contributed by atoms with E-state index in [9.17, 15) is 4.79 Å². The van der Waals surface area contributed by atoms with Gasteiger partial charge in [-0.2, -0.15) is 0 Å². The number of nitrogens with zero attached hydrogens (tertiary/aromatic N) is 1. The molecule has 0 unspecified atom stereocenters. The number of fused-ring (bicyclic) bond motifs is 2. The van der Waals surface area contributed by atoms with Gasteiger partial charge in [0.2, 0.25) is 5.91 Å². The summed E-state index contributed by atoms with van der Waals surface area (Å²) in [6.07, 6.45) is 1.17. The lowest BCUT2D eigenvalue weighted by molar-refractivity contribution is -0.138. The minimum atomic E-state index is -0.229. The second-order valence-electron chi connectivity index (χ2n) is 7.97. The van der Waals surface area contributed by atoms with Crippen LogP contribution in [0, 0.1) is 0 Å². The largest absolute Gasteiger partial charge is 0.497 e. The highest BCUT2D eigenvalue weighted by atomic mass is 16.5. The van der Waals surface area contributed by atoms with Crippen molar-refractivity contribution in [2.24, 2.45) is 0 Å². The molecule has 3 aromatic carbocycles. The van der Waals surface area contributed by atoms with Gasteiger partial charge in [-0.25, -0.2) is 0 Å². The van der Waals surface area contributed by atoms with Gasteiger partial charge in [0, 0.05) is 6.42 Å². The zero-order chi connectivity index (χ0) is 20.5. The van der Waals surface area contributed by atoms with Crippen LogP contribution in [0.15, 0.2) is 78.9 Å². The maximum absolute atomic E-state index is 13.9. The summed E-state index contributed by atoms with van der Waals surface area (Å²) in [6.45, 7) is 0.540. The number of hydrogen-bond acceptors (Lipinski definition) is 3. The Kier molecular flexibility index (Phi) is 5.01. The molecule has 0 radical (unpaired) electrons. The van der Waals surface area contributed by atoms with Crippen molar-refractivity contribution in [2.75, 3.05) is 13.7 Å². The Bertz CT molecular complexity index is 1030. The van der Waals surface area contributed by atoms with E-state index < -0.39 is 0 Å². The number of carbonyl (C=O) groups is 1. The van der Waals surface area contributed by atoms with Crippen molar-refractivity contribution in [3.8, 4) is 5.75 Å². The van der Waals surface area contributed by atoms with Crippen molar-refractivity contribution < 1.29 is 14.3 Å².